The third-order valence-corrected chi connectivity index (χ3v) is 14.0. The second-order valence-corrected chi connectivity index (χ2v) is 18.0. The summed E-state index contributed by atoms with van der Waals surface area (Å²) in [5, 5.41) is 5.35. The highest BCUT2D eigenvalue weighted by atomic mass is 16.7. The first-order valence-electron chi connectivity index (χ1n) is 23.1. The van der Waals surface area contributed by atoms with Gasteiger partial charge in [0.2, 0.25) is 17.7 Å². The number of aryl methyl sites for hydroxylation is 1. The van der Waals surface area contributed by atoms with Gasteiger partial charge in [0.05, 0.1) is 61.5 Å². The maximum Gasteiger partial charge on any atom is 0.230 e. The summed E-state index contributed by atoms with van der Waals surface area (Å²) >= 11 is 0. The number of benzene rings is 2. The molecule has 0 saturated heterocycles. The second-order valence-electron chi connectivity index (χ2n) is 18.0. The van der Waals surface area contributed by atoms with Crippen molar-refractivity contribution in [3.63, 3.8) is 0 Å². The Labute approximate surface area is 388 Å². The molecule has 1 N–H and O–H groups in total. The zero-order chi connectivity index (χ0) is 45.6. The van der Waals surface area contributed by atoms with Crippen molar-refractivity contribution < 1.29 is 23.9 Å². The second kappa shape index (κ2) is 17.9. The van der Waals surface area contributed by atoms with Crippen LogP contribution in [-0.2, 0) is 39.3 Å². The topological polar surface area (TPSA) is 153 Å². The van der Waals surface area contributed by atoms with Crippen molar-refractivity contribution in [2.45, 2.75) is 76.7 Å². The van der Waals surface area contributed by atoms with Crippen LogP contribution in [0.5, 0.6) is 5.88 Å². The number of hydrogen-bond donors (Lipinski definition) is 1. The number of carbonyl (C=O) groups excluding carboxylic acids is 2. The molecule has 0 unspecified atom stereocenters. The Kier molecular flexibility index (Phi) is 11.3. The molecule has 4 aliphatic rings. The van der Waals surface area contributed by atoms with Gasteiger partial charge in [-0.15, -0.1) is 0 Å². The van der Waals surface area contributed by atoms with Crippen LogP contribution in [0.1, 0.15) is 62.5 Å². The van der Waals surface area contributed by atoms with Crippen LogP contribution in [0.4, 0.5) is 34.4 Å². The van der Waals surface area contributed by atoms with E-state index in [0.717, 1.165) is 98.8 Å². The molecule has 7 aromatic rings. The summed E-state index contributed by atoms with van der Waals surface area (Å²) in [6, 6.07) is 26.0. The van der Waals surface area contributed by atoms with E-state index in [2.05, 4.69) is 38.5 Å². The van der Waals surface area contributed by atoms with Crippen LogP contribution in [0.3, 0.4) is 0 Å². The number of imidazole rings is 1. The summed E-state index contributed by atoms with van der Waals surface area (Å²) in [6.45, 7) is 0.716. The number of nitrogens with zero attached hydrogens (tertiary/aromatic N) is 9. The Balaban J connectivity index is 0.890. The minimum absolute atomic E-state index is 0.0642. The number of pyridine rings is 4. The van der Waals surface area contributed by atoms with E-state index in [4.69, 9.17) is 24.3 Å². The van der Waals surface area contributed by atoms with E-state index in [-0.39, 0.29) is 35.9 Å². The van der Waals surface area contributed by atoms with Crippen LogP contribution in [0.25, 0.3) is 33.4 Å². The SMILES string of the molecule is COc1cc(-c2ccc3c(c2)N(C(=O)C2CCC(ON4c5ccc(-c6cnc7c(c6)ncn7C)cc5N(C(=O)C5CCC(OC)CC5)Cc5cccnc54)CC2)Cc2cccnc2N3)ccn1. The number of methoxy groups -OCH3 is 2. The van der Waals surface area contributed by atoms with Crippen LogP contribution in [0.2, 0.25) is 0 Å². The minimum atomic E-state index is -0.230. The molecule has 11 rings (SSSR count). The first-order valence-corrected chi connectivity index (χ1v) is 23.1. The highest BCUT2D eigenvalue weighted by molar-refractivity contribution is 6.02. The Morgan fingerprint density at radius 2 is 1.30 bits per heavy atom. The lowest BCUT2D eigenvalue weighted by atomic mass is 9.86. The smallest absolute Gasteiger partial charge is 0.230 e. The van der Waals surface area contributed by atoms with Gasteiger partial charge in [-0.05, 0) is 117 Å². The number of fused-ring (bicyclic) bond motifs is 5. The fraction of sp³-hybridized carbons (Fsp3) is 0.327. The van der Waals surface area contributed by atoms with Gasteiger partial charge in [-0.2, -0.15) is 0 Å². The molecule has 2 fully saturated rings. The highest BCUT2D eigenvalue weighted by Gasteiger charge is 2.38. The minimum Gasteiger partial charge on any atom is -0.481 e. The monoisotopic (exact) mass is 896 g/mol. The van der Waals surface area contributed by atoms with Crippen LogP contribution in [0.15, 0.2) is 110 Å². The van der Waals surface area contributed by atoms with Crippen molar-refractivity contribution in [2.75, 3.05) is 34.4 Å². The molecule has 0 atom stereocenters. The average Bonchev–Trinajstić information content (AvgIpc) is 3.58. The molecule has 7 heterocycles. The first-order chi connectivity index (χ1) is 32.8. The molecule has 67 heavy (non-hydrogen) atoms. The van der Waals surface area contributed by atoms with Gasteiger partial charge in [-0.25, -0.2) is 30.0 Å². The molecule has 0 radical (unpaired) electrons. The van der Waals surface area contributed by atoms with Crippen LogP contribution >= 0.6 is 0 Å². The zero-order valence-electron chi connectivity index (χ0n) is 37.8. The van der Waals surface area contributed by atoms with Crippen LogP contribution in [-0.4, -0.2) is 67.7 Å². The molecule has 2 saturated carbocycles. The summed E-state index contributed by atoms with van der Waals surface area (Å²) < 4.78 is 13.0. The number of ether oxygens (including phenoxy) is 2. The van der Waals surface area contributed by atoms with E-state index in [1.165, 1.54) is 0 Å². The van der Waals surface area contributed by atoms with Crippen LogP contribution < -0.4 is 24.9 Å². The molecule has 0 spiro atoms. The lowest BCUT2D eigenvalue weighted by Gasteiger charge is -2.35. The fourth-order valence-electron chi connectivity index (χ4n) is 10.2. The van der Waals surface area contributed by atoms with Crippen molar-refractivity contribution in [1.29, 1.82) is 0 Å². The predicted molar refractivity (Wildman–Crippen MR) is 256 cm³/mol. The molecule has 340 valence electrons. The van der Waals surface area contributed by atoms with Gasteiger partial charge >= 0.3 is 0 Å². The van der Waals surface area contributed by atoms with Crippen molar-refractivity contribution in [1.82, 2.24) is 29.5 Å². The van der Waals surface area contributed by atoms with Crippen molar-refractivity contribution >= 4 is 57.4 Å². The number of nitrogens with one attached hydrogen (secondary N) is 1. The summed E-state index contributed by atoms with van der Waals surface area (Å²) in [5.74, 6) is 1.67. The van der Waals surface area contributed by atoms with E-state index in [1.54, 1.807) is 39.1 Å². The Morgan fingerprint density at radius 3 is 2.07 bits per heavy atom. The third kappa shape index (κ3) is 8.12. The first kappa shape index (κ1) is 42.4. The molecular formula is C52H52N10O5. The number of amides is 2. The van der Waals surface area contributed by atoms with E-state index in [0.29, 0.717) is 50.5 Å². The van der Waals surface area contributed by atoms with Gasteiger partial charge in [0.15, 0.2) is 11.5 Å². The van der Waals surface area contributed by atoms with Crippen LogP contribution in [0, 0.1) is 11.8 Å². The summed E-state index contributed by atoms with van der Waals surface area (Å²) in [4.78, 5) is 63.8. The molecular weight excluding hydrogens is 845 g/mol. The zero-order valence-corrected chi connectivity index (χ0v) is 37.8. The lowest BCUT2D eigenvalue weighted by Crippen LogP contribution is -2.39. The number of hydrogen-bond acceptors (Lipinski definition) is 12. The van der Waals surface area contributed by atoms with Gasteiger partial charge < -0.3 is 29.2 Å². The molecule has 0 bridgehead atoms. The maximum absolute atomic E-state index is 14.9. The molecule has 2 aliphatic carbocycles. The predicted octanol–water partition coefficient (Wildman–Crippen LogP) is 9.47. The normalized spacial score (nSPS) is 20.1. The lowest BCUT2D eigenvalue weighted by molar-refractivity contribution is -0.125. The highest BCUT2D eigenvalue weighted by Crippen LogP contribution is 2.46. The molecule has 2 amide bonds. The van der Waals surface area contributed by atoms with Crippen molar-refractivity contribution in [2.24, 2.45) is 18.9 Å². The fourth-order valence-corrected chi connectivity index (χ4v) is 10.2. The van der Waals surface area contributed by atoms with E-state index in [1.807, 2.05) is 93.3 Å². The van der Waals surface area contributed by atoms with E-state index < -0.39 is 0 Å². The van der Waals surface area contributed by atoms with Gasteiger partial charge in [0.25, 0.3) is 0 Å². The largest absolute Gasteiger partial charge is 0.481 e. The molecule has 2 aliphatic heterocycles. The third-order valence-electron chi connectivity index (χ3n) is 14.0. The number of rotatable bonds is 8. The number of carbonyl (C=O) groups is 2. The van der Waals surface area contributed by atoms with Crippen molar-refractivity contribution in [3.05, 3.63) is 121 Å². The van der Waals surface area contributed by atoms with Gasteiger partial charge in [-0.1, -0.05) is 24.3 Å². The van der Waals surface area contributed by atoms with Gasteiger partial charge in [0.1, 0.15) is 11.3 Å². The summed E-state index contributed by atoms with van der Waals surface area (Å²) in [6.07, 6.45) is 14.6. The van der Waals surface area contributed by atoms with Gasteiger partial charge in [-0.3, -0.25) is 14.4 Å². The van der Waals surface area contributed by atoms with E-state index >= 15 is 0 Å². The Bertz CT molecular complexity index is 3000. The quantitative estimate of drug-likeness (QED) is 0.155. The van der Waals surface area contributed by atoms with Crippen molar-refractivity contribution in [3.8, 4) is 28.1 Å². The summed E-state index contributed by atoms with van der Waals surface area (Å²) in [7, 11) is 5.28. The van der Waals surface area contributed by atoms with E-state index in [9.17, 15) is 9.59 Å². The number of aromatic nitrogens is 6. The van der Waals surface area contributed by atoms with Gasteiger partial charge in [0, 0.05) is 73.5 Å². The maximum atomic E-state index is 14.9. The summed E-state index contributed by atoms with van der Waals surface area (Å²) in [5.41, 5.74) is 10.2. The number of anilines is 6. The molecule has 2 aromatic carbocycles. The standard InChI is InChI=1S/C52H52N10O5/c1-59-31-57-43-24-39(28-56-50(43)59)35-13-19-44-46(26-35)61(52(64)32-8-14-40(65-2)15-9-32)30-38-7-5-22-55-49(38)62(44)67-41-16-10-33(11-17-41)51(63)60-29-37-6-4-21-54-48(37)58-42-18-12-34(25-45(42)60)36-20-23-53-47(27-36)66-3/h4-7,12-13,18-28,31-33,40-41H,8-11,14-17,29-30H2,1-3H3,(H,54,58). The Morgan fingerprint density at radius 1 is 0.627 bits per heavy atom. The molecule has 15 nitrogen and oxygen atoms in total. The molecule has 5 aromatic heterocycles. The average molecular weight is 897 g/mol. The molecule has 15 heteroatoms. The Hall–Kier alpha value is -7.23.